The summed E-state index contributed by atoms with van der Waals surface area (Å²) < 4.78 is 0. The summed E-state index contributed by atoms with van der Waals surface area (Å²) >= 11 is 0. The zero-order chi connectivity index (χ0) is 7.40. The first kappa shape index (κ1) is 15.5. The standard InChI is InChI=1S/C10H10.2Y/c1-3-9-7-5-6-8-10(9)4-2;;/h4-8H,1H2,2H3;;/q-2;;. The van der Waals surface area contributed by atoms with E-state index in [1.54, 1.807) is 0 Å². The normalized spacial score (nSPS) is 7.42. The van der Waals surface area contributed by atoms with Gasteiger partial charge in [0, 0.05) is 65.4 Å². The van der Waals surface area contributed by atoms with Gasteiger partial charge < -0.3 is 0 Å². The Kier molecular flexibility index (Phi) is 11.1. The first-order chi connectivity index (χ1) is 4.88. The van der Waals surface area contributed by atoms with Gasteiger partial charge in [-0.3, -0.25) is 17.2 Å². The maximum Gasteiger partial charge on any atom is 0 e. The van der Waals surface area contributed by atoms with Crippen LogP contribution in [0.3, 0.4) is 0 Å². The summed E-state index contributed by atoms with van der Waals surface area (Å²) in [4.78, 5) is 0. The molecule has 1 rings (SSSR count). The van der Waals surface area contributed by atoms with Crippen LogP contribution in [-0.4, -0.2) is 0 Å². The van der Waals surface area contributed by atoms with Crippen LogP contribution in [0.2, 0.25) is 0 Å². The van der Waals surface area contributed by atoms with Crippen molar-refractivity contribution in [1.82, 2.24) is 0 Å². The Morgan fingerprint density at radius 3 is 2.25 bits per heavy atom. The van der Waals surface area contributed by atoms with E-state index in [1.165, 1.54) is 5.56 Å². The Labute approximate surface area is 125 Å². The summed E-state index contributed by atoms with van der Waals surface area (Å²) in [6.45, 7) is 5.60. The molecule has 0 N–H and O–H groups in total. The van der Waals surface area contributed by atoms with Crippen LogP contribution in [0.4, 0.5) is 0 Å². The second-order valence-electron chi connectivity index (χ2n) is 2.05. The van der Waals surface area contributed by atoms with Crippen molar-refractivity contribution in [1.29, 1.82) is 0 Å². The molecule has 2 radical (unpaired) electrons. The van der Waals surface area contributed by atoms with Crippen molar-refractivity contribution >= 4 is 0 Å². The van der Waals surface area contributed by atoms with Gasteiger partial charge in [-0.25, -0.2) is 18.6 Å². The van der Waals surface area contributed by atoms with Crippen LogP contribution in [-0.2, 0) is 65.4 Å². The fourth-order valence-corrected chi connectivity index (χ4v) is 0.910. The molecule has 0 aliphatic carbocycles. The third-order valence-electron chi connectivity index (χ3n) is 1.46. The van der Waals surface area contributed by atoms with E-state index in [1.807, 2.05) is 37.6 Å². The molecule has 2 heteroatoms. The van der Waals surface area contributed by atoms with Crippen LogP contribution in [0.5, 0.6) is 0 Å². The molecule has 0 heterocycles. The van der Waals surface area contributed by atoms with Gasteiger partial charge >= 0.3 is 0 Å². The quantitative estimate of drug-likeness (QED) is 0.737. The van der Waals surface area contributed by atoms with E-state index in [9.17, 15) is 0 Å². The van der Waals surface area contributed by atoms with E-state index in [0.717, 1.165) is 5.56 Å². The molecule has 0 aliphatic heterocycles. The fourth-order valence-electron chi connectivity index (χ4n) is 0.910. The Morgan fingerprint density at radius 1 is 1.25 bits per heavy atom. The minimum Gasteiger partial charge on any atom is -0.298 e. The second kappa shape index (κ2) is 8.63. The molecule has 58 valence electrons. The maximum atomic E-state index is 3.59. The van der Waals surface area contributed by atoms with Crippen molar-refractivity contribution < 1.29 is 65.4 Å². The van der Waals surface area contributed by atoms with Crippen molar-refractivity contribution in [2.45, 2.75) is 6.92 Å². The van der Waals surface area contributed by atoms with Gasteiger partial charge in [-0.2, -0.15) is 6.58 Å². The Bertz CT molecular complexity index is 231. The smallest absolute Gasteiger partial charge is 0 e. The fraction of sp³-hybridized carbons (Fsp3) is 0.100. The summed E-state index contributed by atoms with van der Waals surface area (Å²) in [5.74, 6) is 0. The first-order valence-electron chi connectivity index (χ1n) is 3.30. The molecule has 0 fully saturated rings. The first-order valence-corrected chi connectivity index (χ1v) is 3.30. The molecule has 0 saturated heterocycles. The van der Waals surface area contributed by atoms with Crippen molar-refractivity contribution in [3.63, 3.8) is 0 Å². The van der Waals surface area contributed by atoms with E-state index >= 15 is 0 Å². The van der Waals surface area contributed by atoms with Crippen LogP contribution in [0, 0.1) is 12.5 Å². The zero-order valence-electron chi connectivity index (χ0n) is 7.25. The van der Waals surface area contributed by atoms with Gasteiger partial charge in [0.05, 0.1) is 0 Å². The molecule has 1 aromatic rings. The summed E-state index contributed by atoms with van der Waals surface area (Å²) in [6.07, 6.45) is 4.91. The summed E-state index contributed by atoms with van der Waals surface area (Å²) in [5.41, 5.74) is 2.27. The Morgan fingerprint density at radius 2 is 1.83 bits per heavy atom. The monoisotopic (exact) mass is 308 g/mol. The summed E-state index contributed by atoms with van der Waals surface area (Å²) in [5, 5.41) is 0. The molecule has 0 amide bonds. The Hall–Kier alpha value is 1.04. The predicted octanol–water partition coefficient (Wildman–Crippen LogP) is 2.59. The maximum absolute atomic E-state index is 3.59. The predicted molar refractivity (Wildman–Crippen MR) is 43.5 cm³/mol. The molecule has 0 aromatic heterocycles. The largest absolute Gasteiger partial charge is 0.298 e. The number of rotatable bonds is 2. The number of hydrogen-bond donors (Lipinski definition) is 0. The molecule has 1 aromatic carbocycles. The van der Waals surface area contributed by atoms with Gasteiger partial charge in [0.25, 0.3) is 0 Å². The third kappa shape index (κ3) is 4.32. The second-order valence-corrected chi connectivity index (χ2v) is 2.05. The SMILES string of the molecule is C=[C-]c1ccccc1[CH-]C.[Y].[Y]. The van der Waals surface area contributed by atoms with Crippen LogP contribution in [0.1, 0.15) is 18.1 Å². The van der Waals surface area contributed by atoms with Crippen molar-refractivity contribution in [3.05, 3.63) is 54.5 Å². The minimum absolute atomic E-state index is 0. The Balaban J connectivity index is 0. The molecule has 0 saturated carbocycles. The van der Waals surface area contributed by atoms with Crippen LogP contribution >= 0.6 is 0 Å². The molecular formula is C10H10Y2-2. The van der Waals surface area contributed by atoms with Crippen molar-refractivity contribution in [2.24, 2.45) is 0 Å². The van der Waals surface area contributed by atoms with Crippen molar-refractivity contribution in [2.75, 3.05) is 0 Å². The van der Waals surface area contributed by atoms with E-state index in [2.05, 4.69) is 12.7 Å². The van der Waals surface area contributed by atoms with E-state index in [-0.39, 0.29) is 65.4 Å². The van der Waals surface area contributed by atoms with Gasteiger partial charge in [-0.05, 0) is 0 Å². The molecule has 0 unspecified atom stereocenters. The molecule has 0 aliphatic rings. The molecular weight excluding hydrogens is 298 g/mol. The van der Waals surface area contributed by atoms with Gasteiger partial charge in [-0.15, -0.1) is 19.1 Å². The minimum atomic E-state index is 0. The van der Waals surface area contributed by atoms with Gasteiger partial charge in [-0.1, -0.05) is 0 Å². The molecule has 0 bridgehead atoms. The van der Waals surface area contributed by atoms with Crippen LogP contribution in [0.15, 0.2) is 30.8 Å². The molecule has 0 nitrogen and oxygen atoms in total. The van der Waals surface area contributed by atoms with Crippen molar-refractivity contribution in [3.8, 4) is 0 Å². The van der Waals surface area contributed by atoms with E-state index in [0.29, 0.717) is 0 Å². The molecule has 0 atom stereocenters. The van der Waals surface area contributed by atoms with Gasteiger partial charge in [0.2, 0.25) is 0 Å². The number of benzene rings is 1. The third-order valence-corrected chi connectivity index (χ3v) is 1.46. The summed E-state index contributed by atoms with van der Waals surface area (Å²) in [6, 6.07) is 8.05. The van der Waals surface area contributed by atoms with E-state index < -0.39 is 0 Å². The average Bonchev–Trinajstić information content (AvgIpc) is 2.04. The van der Waals surface area contributed by atoms with Crippen LogP contribution < -0.4 is 0 Å². The molecule has 0 spiro atoms. The van der Waals surface area contributed by atoms with E-state index in [4.69, 9.17) is 0 Å². The average molecular weight is 308 g/mol. The zero-order valence-corrected chi connectivity index (χ0v) is 12.9. The van der Waals surface area contributed by atoms with Gasteiger partial charge in [0.15, 0.2) is 0 Å². The topological polar surface area (TPSA) is 0 Å². The van der Waals surface area contributed by atoms with Gasteiger partial charge in [0.1, 0.15) is 0 Å². The van der Waals surface area contributed by atoms with Crippen LogP contribution in [0.25, 0.3) is 0 Å². The molecule has 12 heavy (non-hydrogen) atoms. The summed E-state index contributed by atoms with van der Waals surface area (Å²) in [7, 11) is 0. The number of hydrogen-bond acceptors (Lipinski definition) is 0.